The lowest BCUT2D eigenvalue weighted by Crippen LogP contribution is -2.51. The highest BCUT2D eigenvalue weighted by atomic mass is 16.5. The Bertz CT molecular complexity index is 722. The highest BCUT2D eigenvalue weighted by molar-refractivity contribution is 5.89. The molecule has 4 atom stereocenters. The van der Waals surface area contributed by atoms with Gasteiger partial charge >= 0.3 is 6.03 Å². The Balaban J connectivity index is 1.32. The predicted molar refractivity (Wildman–Crippen MR) is 103 cm³/mol. The van der Waals surface area contributed by atoms with Crippen LogP contribution in [0.2, 0.25) is 0 Å². The molecule has 154 valence electrons. The zero-order valence-corrected chi connectivity index (χ0v) is 16.6. The molecular formula is C19H30N6O3. The van der Waals surface area contributed by atoms with Gasteiger partial charge in [-0.2, -0.15) is 5.10 Å². The fraction of sp³-hybridized carbons (Fsp3) is 0.737. The number of aromatic nitrogens is 2. The number of urea groups is 1. The largest absolute Gasteiger partial charge is 0.373 e. The van der Waals surface area contributed by atoms with Gasteiger partial charge in [-0.15, -0.1) is 0 Å². The molecule has 0 aliphatic carbocycles. The van der Waals surface area contributed by atoms with Gasteiger partial charge in [-0.05, 0) is 32.7 Å². The van der Waals surface area contributed by atoms with E-state index in [0.29, 0.717) is 19.6 Å². The van der Waals surface area contributed by atoms with Crippen molar-refractivity contribution >= 4 is 11.9 Å². The van der Waals surface area contributed by atoms with Gasteiger partial charge in [0.2, 0.25) is 5.91 Å². The van der Waals surface area contributed by atoms with Gasteiger partial charge in [-0.3, -0.25) is 14.4 Å². The third-order valence-corrected chi connectivity index (χ3v) is 6.15. The van der Waals surface area contributed by atoms with Crippen molar-refractivity contribution in [3.63, 3.8) is 0 Å². The topological polar surface area (TPSA) is 91.7 Å². The molecule has 1 aromatic rings. The van der Waals surface area contributed by atoms with Crippen LogP contribution in [0.4, 0.5) is 4.79 Å². The summed E-state index contributed by atoms with van der Waals surface area (Å²) in [5.41, 5.74) is 1.07. The molecule has 4 heterocycles. The number of aryl methyl sites for hydroxylation is 1. The van der Waals surface area contributed by atoms with E-state index in [9.17, 15) is 9.59 Å². The number of amides is 3. The maximum atomic E-state index is 12.5. The standard InChI is InChI=1S/C19H30N6O3/c1-23-7-8-28-16(17(23)13-10-21-24(2)12-13)11-20-19(27)22-15-9-14-5-3-4-6-25(14)18(15)26/h10,12,14-17H,3-9,11H2,1-2H3,(H2,20,22,27)/t14?,15?,16-,17-/m0/s1. The van der Waals surface area contributed by atoms with E-state index in [4.69, 9.17) is 4.74 Å². The maximum Gasteiger partial charge on any atom is 0.315 e. The molecule has 3 saturated heterocycles. The number of rotatable bonds is 4. The molecule has 0 spiro atoms. The van der Waals surface area contributed by atoms with Crippen molar-refractivity contribution in [3.8, 4) is 0 Å². The molecule has 3 fully saturated rings. The first kappa shape index (κ1) is 19.2. The molecule has 3 aliphatic rings. The number of nitrogens with zero attached hydrogens (tertiary/aromatic N) is 4. The number of carbonyl (C=O) groups is 2. The molecule has 9 heteroatoms. The minimum absolute atomic E-state index is 0.0323. The highest BCUT2D eigenvalue weighted by Crippen LogP contribution is 2.29. The van der Waals surface area contributed by atoms with Crippen LogP contribution in [0.15, 0.2) is 12.4 Å². The molecule has 3 aliphatic heterocycles. The summed E-state index contributed by atoms with van der Waals surface area (Å²) in [7, 11) is 3.95. The minimum Gasteiger partial charge on any atom is -0.373 e. The number of hydrogen-bond acceptors (Lipinski definition) is 5. The van der Waals surface area contributed by atoms with E-state index < -0.39 is 6.04 Å². The van der Waals surface area contributed by atoms with Crippen LogP contribution in [-0.2, 0) is 16.6 Å². The van der Waals surface area contributed by atoms with Gasteiger partial charge in [-0.25, -0.2) is 4.79 Å². The van der Waals surface area contributed by atoms with Crippen molar-refractivity contribution in [2.24, 2.45) is 7.05 Å². The second-order valence-corrected chi connectivity index (χ2v) is 8.11. The second-order valence-electron chi connectivity index (χ2n) is 8.11. The smallest absolute Gasteiger partial charge is 0.315 e. The summed E-state index contributed by atoms with van der Waals surface area (Å²) in [5.74, 6) is 0.0572. The molecular weight excluding hydrogens is 360 g/mol. The monoisotopic (exact) mass is 390 g/mol. The lowest BCUT2D eigenvalue weighted by Gasteiger charge is -2.38. The summed E-state index contributed by atoms with van der Waals surface area (Å²) >= 11 is 0. The summed E-state index contributed by atoms with van der Waals surface area (Å²) < 4.78 is 7.72. The number of likely N-dealkylation sites (N-methyl/N-ethyl adjacent to an activating group) is 1. The van der Waals surface area contributed by atoms with Gasteiger partial charge in [-0.1, -0.05) is 0 Å². The van der Waals surface area contributed by atoms with Crippen LogP contribution in [0.5, 0.6) is 0 Å². The van der Waals surface area contributed by atoms with Gasteiger partial charge in [0.05, 0.1) is 24.9 Å². The summed E-state index contributed by atoms with van der Waals surface area (Å²) in [5, 5.41) is 10.0. The van der Waals surface area contributed by atoms with Crippen LogP contribution in [0.25, 0.3) is 0 Å². The first-order valence-corrected chi connectivity index (χ1v) is 10.2. The van der Waals surface area contributed by atoms with Gasteiger partial charge < -0.3 is 20.3 Å². The van der Waals surface area contributed by atoms with Crippen LogP contribution in [-0.4, -0.2) is 83.0 Å². The lowest BCUT2D eigenvalue weighted by molar-refractivity contribution is -0.131. The summed E-state index contributed by atoms with van der Waals surface area (Å²) in [4.78, 5) is 29.1. The number of nitrogens with one attached hydrogen (secondary N) is 2. The normalized spacial score (nSPS) is 30.9. The Hall–Kier alpha value is -2.13. The summed E-state index contributed by atoms with van der Waals surface area (Å²) in [6, 6.07) is -0.395. The zero-order valence-electron chi connectivity index (χ0n) is 16.6. The molecule has 0 bridgehead atoms. The maximum absolute atomic E-state index is 12.5. The van der Waals surface area contributed by atoms with E-state index in [-0.39, 0.29) is 30.1 Å². The molecule has 1 aromatic heterocycles. The van der Waals surface area contributed by atoms with Crippen molar-refractivity contribution < 1.29 is 14.3 Å². The lowest BCUT2D eigenvalue weighted by atomic mass is 10.0. The number of carbonyl (C=O) groups excluding carboxylic acids is 2. The fourth-order valence-electron chi connectivity index (χ4n) is 4.73. The van der Waals surface area contributed by atoms with Gasteiger partial charge in [0.1, 0.15) is 6.04 Å². The van der Waals surface area contributed by atoms with Crippen LogP contribution in [0.3, 0.4) is 0 Å². The predicted octanol–water partition coefficient (Wildman–Crippen LogP) is 0.244. The molecule has 0 radical (unpaired) electrons. The van der Waals surface area contributed by atoms with E-state index in [1.807, 2.05) is 24.3 Å². The van der Waals surface area contributed by atoms with E-state index in [0.717, 1.165) is 37.9 Å². The molecule has 28 heavy (non-hydrogen) atoms. The molecule has 3 amide bonds. The fourth-order valence-corrected chi connectivity index (χ4v) is 4.73. The Morgan fingerprint density at radius 3 is 2.93 bits per heavy atom. The number of morpholine rings is 1. The number of hydrogen-bond donors (Lipinski definition) is 2. The molecule has 9 nitrogen and oxygen atoms in total. The Morgan fingerprint density at radius 2 is 2.18 bits per heavy atom. The van der Waals surface area contributed by atoms with E-state index in [1.165, 1.54) is 0 Å². The molecule has 0 aromatic carbocycles. The van der Waals surface area contributed by atoms with Crippen LogP contribution < -0.4 is 10.6 Å². The molecule has 4 rings (SSSR count). The van der Waals surface area contributed by atoms with Crippen molar-refractivity contribution in [1.29, 1.82) is 0 Å². The third-order valence-electron chi connectivity index (χ3n) is 6.15. The van der Waals surface area contributed by atoms with Crippen molar-refractivity contribution in [3.05, 3.63) is 18.0 Å². The van der Waals surface area contributed by atoms with E-state index in [2.05, 4.69) is 27.7 Å². The average molecular weight is 390 g/mol. The Labute approximate surface area is 165 Å². The molecule has 2 unspecified atom stereocenters. The summed E-state index contributed by atoms with van der Waals surface area (Å²) in [6.07, 6.45) is 7.64. The van der Waals surface area contributed by atoms with Crippen molar-refractivity contribution in [2.75, 3.05) is 33.3 Å². The van der Waals surface area contributed by atoms with Crippen LogP contribution >= 0.6 is 0 Å². The van der Waals surface area contributed by atoms with Crippen LogP contribution in [0, 0.1) is 0 Å². The molecule has 0 saturated carbocycles. The third kappa shape index (κ3) is 3.86. The van der Waals surface area contributed by atoms with Gasteiger partial charge in [0.25, 0.3) is 0 Å². The second kappa shape index (κ2) is 8.08. The number of piperidine rings is 1. The van der Waals surface area contributed by atoms with Gasteiger partial charge in [0.15, 0.2) is 0 Å². The SMILES string of the molecule is CN1CCO[C@@H](CNC(=O)NC2CC3CCCCN3C2=O)[C@@H]1c1cnn(C)c1. The van der Waals surface area contributed by atoms with Crippen LogP contribution in [0.1, 0.15) is 37.3 Å². The highest BCUT2D eigenvalue weighted by Gasteiger charge is 2.41. The summed E-state index contributed by atoms with van der Waals surface area (Å²) in [6.45, 7) is 2.65. The Kier molecular flexibility index (Phi) is 5.54. The van der Waals surface area contributed by atoms with E-state index >= 15 is 0 Å². The minimum atomic E-state index is -0.410. The quantitative estimate of drug-likeness (QED) is 0.769. The Morgan fingerprint density at radius 1 is 1.32 bits per heavy atom. The first-order valence-electron chi connectivity index (χ1n) is 10.2. The molecule has 2 N–H and O–H groups in total. The van der Waals surface area contributed by atoms with Crippen molar-refractivity contribution in [1.82, 2.24) is 30.2 Å². The number of fused-ring (bicyclic) bond motifs is 1. The first-order chi connectivity index (χ1) is 13.5. The van der Waals surface area contributed by atoms with E-state index in [1.54, 1.807) is 4.68 Å². The number of ether oxygens (including phenoxy) is 1. The van der Waals surface area contributed by atoms with Gasteiger partial charge in [0, 0.05) is 44.5 Å². The zero-order chi connectivity index (χ0) is 19.7. The average Bonchev–Trinajstić information content (AvgIpc) is 3.24. The van der Waals surface area contributed by atoms with Crippen molar-refractivity contribution in [2.45, 2.75) is 49.9 Å².